The molecule has 0 heterocycles. The Hall–Kier alpha value is -0.620. The normalized spacial score (nSPS) is 12.1. The smallest absolute Gasteiger partial charge is 0.322 e. The van der Waals surface area contributed by atoms with Crippen molar-refractivity contribution in [2.45, 2.75) is 37.6 Å². The summed E-state index contributed by atoms with van der Waals surface area (Å²) in [6.45, 7) is 6.99. The van der Waals surface area contributed by atoms with E-state index < -0.39 is 9.86 Å². The van der Waals surface area contributed by atoms with Crippen molar-refractivity contribution in [2.75, 3.05) is 13.2 Å². The Kier molecular flexibility index (Phi) is 5.41. The minimum atomic E-state index is -0.918. The first-order valence-electron chi connectivity index (χ1n) is 4.98. The van der Waals surface area contributed by atoms with E-state index >= 15 is 0 Å². The number of amides is 1. The molecule has 0 bridgehead atoms. The molecule has 0 aliphatic rings. The zero-order valence-corrected chi connectivity index (χ0v) is 11.7. The molecule has 6 heteroatoms. The molecule has 0 unspecified atom stereocenters. The average molecular weight is 295 g/mol. The number of rotatable bonds is 5. The third-order valence-corrected chi connectivity index (χ3v) is 2.02. The quantitative estimate of drug-likeness (QED) is 0.441. The highest BCUT2D eigenvalue weighted by molar-refractivity contribution is 9.10. The fraction of sp³-hybridized carbons (Fsp3) is 0.800. The second-order valence-corrected chi connectivity index (χ2v) is 6.57. The van der Waals surface area contributed by atoms with Crippen LogP contribution < -0.4 is 11.1 Å². The molecule has 0 saturated carbocycles. The lowest BCUT2D eigenvalue weighted by atomic mass is 10.1. The molecule has 1 amide bonds. The lowest BCUT2D eigenvalue weighted by Crippen LogP contribution is -2.49. The lowest BCUT2D eigenvalue weighted by molar-refractivity contribution is -0.145. The van der Waals surface area contributed by atoms with Crippen LogP contribution in [0.25, 0.3) is 0 Å². The van der Waals surface area contributed by atoms with Crippen LogP contribution in [0.2, 0.25) is 0 Å². The van der Waals surface area contributed by atoms with Crippen LogP contribution in [0.1, 0.15) is 27.7 Å². The van der Waals surface area contributed by atoms with E-state index in [-0.39, 0.29) is 25.0 Å². The minimum absolute atomic E-state index is 0.135. The van der Waals surface area contributed by atoms with Crippen LogP contribution in [-0.4, -0.2) is 34.9 Å². The number of nitrogens with two attached hydrogens (primary N) is 1. The van der Waals surface area contributed by atoms with Gasteiger partial charge in [-0.3, -0.25) is 9.59 Å². The van der Waals surface area contributed by atoms with Crippen molar-refractivity contribution in [3.63, 3.8) is 0 Å². The van der Waals surface area contributed by atoms with Crippen LogP contribution in [0, 0.1) is 0 Å². The number of hydrogen-bond acceptors (Lipinski definition) is 4. The Labute approximate surface area is 104 Å². The van der Waals surface area contributed by atoms with Crippen LogP contribution in [0.15, 0.2) is 0 Å². The molecule has 0 aromatic heterocycles. The van der Waals surface area contributed by atoms with Crippen LogP contribution >= 0.6 is 15.9 Å². The minimum Gasteiger partial charge on any atom is -0.463 e. The molecule has 0 radical (unpaired) electrons. The molecule has 3 N–H and O–H groups in total. The van der Waals surface area contributed by atoms with Gasteiger partial charge in [-0.25, -0.2) is 0 Å². The van der Waals surface area contributed by atoms with E-state index in [9.17, 15) is 9.59 Å². The zero-order valence-electron chi connectivity index (χ0n) is 10.1. The van der Waals surface area contributed by atoms with Crippen molar-refractivity contribution in [2.24, 2.45) is 5.73 Å². The Morgan fingerprint density at radius 3 is 2.19 bits per heavy atom. The summed E-state index contributed by atoms with van der Waals surface area (Å²) in [5, 5.41) is 2.57. The number of ether oxygens (including phenoxy) is 1. The summed E-state index contributed by atoms with van der Waals surface area (Å²) in [5.74, 6) is -0.643. The first-order valence-corrected chi connectivity index (χ1v) is 5.78. The second-order valence-electron chi connectivity index (χ2n) is 4.59. The predicted molar refractivity (Wildman–Crippen MR) is 65.2 cm³/mol. The Morgan fingerprint density at radius 2 is 1.81 bits per heavy atom. The summed E-state index contributed by atoms with van der Waals surface area (Å²) < 4.78 is 4.22. The third kappa shape index (κ3) is 6.07. The fourth-order valence-corrected chi connectivity index (χ4v) is 0.822. The van der Waals surface area contributed by atoms with Gasteiger partial charge in [0.05, 0.1) is 12.1 Å². The molecule has 0 aliphatic carbocycles. The topological polar surface area (TPSA) is 81.4 Å². The molecular weight excluding hydrogens is 276 g/mol. The van der Waals surface area contributed by atoms with E-state index in [0.29, 0.717) is 0 Å². The monoisotopic (exact) mass is 294 g/mol. The maximum Gasteiger partial charge on any atom is 0.322 e. The highest BCUT2D eigenvalue weighted by atomic mass is 79.9. The van der Waals surface area contributed by atoms with Crippen LogP contribution in [0.4, 0.5) is 0 Å². The molecular formula is C10H19BrN2O3. The van der Waals surface area contributed by atoms with E-state index in [1.807, 2.05) is 0 Å². The van der Waals surface area contributed by atoms with Gasteiger partial charge >= 0.3 is 5.97 Å². The van der Waals surface area contributed by atoms with Crippen molar-refractivity contribution in [1.82, 2.24) is 5.32 Å². The Bertz CT molecular complexity index is 238. The Balaban J connectivity index is 3.79. The molecule has 0 fully saturated rings. The second kappa shape index (κ2) is 5.63. The summed E-state index contributed by atoms with van der Waals surface area (Å²) in [7, 11) is 0. The predicted octanol–water partition coefficient (Wildman–Crippen LogP) is 0.557. The third-order valence-electron chi connectivity index (χ3n) is 1.69. The molecule has 5 nitrogen and oxygen atoms in total. The number of carbonyl (C=O) groups excluding carboxylic acids is 2. The largest absolute Gasteiger partial charge is 0.463 e. The molecule has 0 aromatic carbocycles. The van der Waals surface area contributed by atoms with Crippen LogP contribution in [0.5, 0.6) is 0 Å². The van der Waals surface area contributed by atoms with Crippen molar-refractivity contribution >= 4 is 27.8 Å². The number of halogens is 1. The van der Waals surface area contributed by atoms with Crippen LogP contribution in [0.3, 0.4) is 0 Å². The molecule has 16 heavy (non-hydrogen) atoms. The van der Waals surface area contributed by atoms with Gasteiger partial charge in [0.1, 0.15) is 10.9 Å². The maximum absolute atomic E-state index is 11.3. The molecule has 0 aliphatic heterocycles. The lowest BCUT2D eigenvalue weighted by Gasteiger charge is -2.18. The van der Waals surface area contributed by atoms with Gasteiger partial charge in [0.2, 0.25) is 5.91 Å². The van der Waals surface area contributed by atoms with Gasteiger partial charge in [0, 0.05) is 0 Å². The van der Waals surface area contributed by atoms with E-state index in [1.54, 1.807) is 27.7 Å². The number of carbonyl (C=O) groups is 2. The number of esters is 1. The van der Waals surface area contributed by atoms with Gasteiger partial charge < -0.3 is 15.8 Å². The van der Waals surface area contributed by atoms with E-state index in [2.05, 4.69) is 21.2 Å². The van der Waals surface area contributed by atoms with Crippen molar-refractivity contribution in [1.29, 1.82) is 0 Å². The van der Waals surface area contributed by atoms with Crippen molar-refractivity contribution < 1.29 is 14.3 Å². The molecule has 0 rings (SSSR count). The van der Waals surface area contributed by atoms with E-state index in [4.69, 9.17) is 10.5 Å². The van der Waals surface area contributed by atoms with E-state index in [0.717, 1.165) is 0 Å². The number of nitrogens with one attached hydrogen (secondary N) is 1. The van der Waals surface area contributed by atoms with Crippen LogP contribution in [-0.2, 0) is 14.3 Å². The molecule has 0 saturated heterocycles. The summed E-state index contributed by atoms with van der Waals surface area (Å²) in [4.78, 5) is 22.6. The first kappa shape index (κ1) is 15.4. The molecule has 0 aromatic rings. The summed E-state index contributed by atoms with van der Waals surface area (Å²) in [6.07, 6.45) is 0. The molecule has 0 spiro atoms. The van der Waals surface area contributed by atoms with Gasteiger partial charge in [-0.2, -0.15) is 0 Å². The van der Waals surface area contributed by atoms with Gasteiger partial charge in [-0.05, 0) is 27.7 Å². The van der Waals surface area contributed by atoms with Crippen molar-refractivity contribution in [3.8, 4) is 0 Å². The fourth-order valence-electron chi connectivity index (χ4n) is 0.708. The Morgan fingerprint density at radius 1 is 1.31 bits per heavy atom. The standard InChI is InChI=1S/C10H19BrN2O3/c1-9(2,11)8(15)16-6-5-13-7(14)10(3,4)12/h5-6,12H2,1-4H3,(H,13,14). The van der Waals surface area contributed by atoms with Gasteiger partial charge in [0.15, 0.2) is 0 Å². The highest BCUT2D eigenvalue weighted by Crippen LogP contribution is 2.17. The molecule has 0 atom stereocenters. The number of hydrogen-bond donors (Lipinski definition) is 2. The van der Waals surface area contributed by atoms with Gasteiger partial charge in [-0.15, -0.1) is 0 Å². The van der Waals surface area contributed by atoms with Gasteiger partial charge in [-0.1, -0.05) is 15.9 Å². The zero-order chi connectivity index (χ0) is 13.0. The highest BCUT2D eigenvalue weighted by Gasteiger charge is 2.25. The summed E-state index contributed by atoms with van der Waals surface area (Å²) >= 11 is 3.17. The SMILES string of the molecule is CC(C)(N)C(=O)NCCOC(=O)C(C)(C)Br. The van der Waals surface area contributed by atoms with Crippen molar-refractivity contribution in [3.05, 3.63) is 0 Å². The molecule has 94 valence electrons. The maximum atomic E-state index is 11.3. The first-order chi connectivity index (χ1) is 7.05. The summed E-state index contributed by atoms with van der Waals surface area (Å²) in [5.41, 5.74) is 4.65. The summed E-state index contributed by atoms with van der Waals surface area (Å²) in [6, 6.07) is 0. The van der Waals surface area contributed by atoms with E-state index in [1.165, 1.54) is 0 Å². The average Bonchev–Trinajstić information content (AvgIpc) is 2.08. The van der Waals surface area contributed by atoms with Gasteiger partial charge in [0.25, 0.3) is 0 Å². The number of alkyl halides is 1.